The summed E-state index contributed by atoms with van der Waals surface area (Å²) in [6.45, 7) is 4.64. The molecule has 2 amide bonds. The van der Waals surface area contributed by atoms with Crippen molar-refractivity contribution in [2.24, 2.45) is 5.92 Å². The van der Waals surface area contributed by atoms with Gasteiger partial charge in [0.2, 0.25) is 11.8 Å². The average Bonchev–Trinajstić information content (AvgIpc) is 3.58. The van der Waals surface area contributed by atoms with Gasteiger partial charge in [-0.3, -0.25) is 19.5 Å². The van der Waals surface area contributed by atoms with Crippen LogP contribution in [0.1, 0.15) is 34.6 Å². The number of hydrogen-bond acceptors (Lipinski definition) is 10. The van der Waals surface area contributed by atoms with E-state index in [1.807, 2.05) is 53.6 Å². The van der Waals surface area contributed by atoms with Crippen LogP contribution in [0.15, 0.2) is 73.2 Å². The van der Waals surface area contributed by atoms with E-state index < -0.39 is 11.9 Å². The molecule has 0 saturated carbocycles. The summed E-state index contributed by atoms with van der Waals surface area (Å²) in [7, 11) is 1.59. The molecule has 0 spiro atoms. The van der Waals surface area contributed by atoms with Crippen LogP contribution >= 0.6 is 0 Å². The molecule has 3 aliphatic rings. The van der Waals surface area contributed by atoms with E-state index in [0.29, 0.717) is 49.4 Å². The van der Waals surface area contributed by atoms with Crippen LogP contribution in [-0.4, -0.2) is 106 Å². The van der Waals surface area contributed by atoms with Gasteiger partial charge in [0.1, 0.15) is 29.6 Å². The highest BCUT2D eigenvalue weighted by Crippen LogP contribution is 2.23. The molecule has 6 heterocycles. The SMILES string of the molecule is COc1ccccc1-n1cc(C[C@H]2NC(=O)c3cccnc3OCCOCCN(Cc3ccccn3)CC3CCN(CC3)C2=O)nn1. The molecular weight excluding hydrogens is 600 g/mol. The fourth-order valence-corrected chi connectivity index (χ4v) is 6.02. The van der Waals surface area contributed by atoms with Gasteiger partial charge in [0, 0.05) is 51.5 Å². The second-order valence-electron chi connectivity index (χ2n) is 11.7. The number of ether oxygens (including phenoxy) is 3. The van der Waals surface area contributed by atoms with E-state index in [2.05, 4.69) is 30.5 Å². The van der Waals surface area contributed by atoms with Crippen LogP contribution in [-0.2, 0) is 22.5 Å². The number of fused-ring (bicyclic) bond motifs is 12. The van der Waals surface area contributed by atoms with E-state index in [9.17, 15) is 9.59 Å². The molecule has 4 aromatic rings. The van der Waals surface area contributed by atoms with Gasteiger partial charge in [-0.05, 0) is 55.2 Å². The zero-order valence-electron chi connectivity index (χ0n) is 26.5. The van der Waals surface area contributed by atoms with Crippen LogP contribution in [0.25, 0.3) is 5.69 Å². The van der Waals surface area contributed by atoms with Crippen molar-refractivity contribution in [3.8, 4) is 17.3 Å². The van der Waals surface area contributed by atoms with Gasteiger partial charge in [-0.25, -0.2) is 9.67 Å². The van der Waals surface area contributed by atoms with Crippen molar-refractivity contribution in [2.75, 3.05) is 53.1 Å². The number of benzene rings is 1. The second kappa shape index (κ2) is 15.6. The summed E-state index contributed by atoms with van der Waals surface area (Å²) in [4.78, 5) is 40.8. The van der Waals surface area contributed by atoms with Crippen LogP contribution in [0.3, 0.4) is 0 Å². The topological polar surface area (TPSA) is 137 Å². The molecule has 3 aliphatic heterocycles. The first-order chi connectivity index (χ1) is 23.1. The Balaban J connectivity index is 1.23. The summed E-state index contributed by atoms with van der Waals surface area (Å²) in [5.74, 6) is 0.623. The lowest BCUT2D eigenvalue weighted by Gasteiger charge is -2.36. The Labute approximate surface area is 273 Å². The molecule has 13 nitrogen and oxygen atoms in total. The summed E-state index contributed by atoms with van der Waals surface area (Å²) in [6, 6.07) is 15.9. The smallest absolute Gasteiger partial charge is 0.257 e. The molecule has 0 aliphatic carbocycles. The lowest BCUT2D eigenvalue weighted by Crippen LogP contribution is -2.52. The maximum absolute atomic E-state index is 14.1. The Morgan fingerprint density at radius 3 is 2.57 bits per heavy atom. The molecule has 1 N–H and O–H groups in total. The number of hydrogen-bond donors (Lipinski definition) is 1. The Kier molecular flexibility index (Phi) is 10.7. The molecule has 2 bridgehead atoms. The van der Waals surface area contributed by atoms with E-state index in [0.717, 1.165) is 38.2 Å². The van der Waals surface area contributed by atoms with Gasteiger partial charge in [-0.2, -0.15) is 0 Å². The third-order valence-electron chi connectivity index (χ3n) is 8.48. The number of carbonyl (C=O) groups excluding carboxylic acids is 2. The van der Waals surface area contributed by atoms with Gasteiger partial charge in [0.15, 0.2) is 0 Å². The van der Waals surface area contributed by atoms with Crippen molar-refractivity contribution in [2.45, 2.75) is 31.8 Å². The quantitative estimate of drug-likeness (QED) is 0.313. The minimum atomic E-state index is -0.877. The lowest BCUT2D eigenvalue weighted by molar-refractivity contribution is -0.134. The fraction of sp³-hybridized carbons (Fsp3) is 0.412. The van der Waals surface area contributed by atoms with Crippen molar-refractivity contribution >= 4 is 11.8 Å². The zero-order chi connectivity index (χ0) is 32.4. The van der Waals surface area contributed by atoms with Crippen LogP contribution in [0.2, 0.25) is 0 Å². The third-order valence-corrected chi connectivity index (χ3v) is 8.48. The number of para-hydroxylation sites is 2. The number of carbonyl (C=O) groups is 2. The number of amides is 2. The number of nitrogens with one attached hydrogen (secondary N) is 1. The molecule has 1 saturated heterocycles. The van der Waals surface area contributed by atoms with E-state index in [-0.39, 0.29) is 30.4 Å². The number of piperidine rings is 1. The van der Waals surface area contributed by atoms with Crippen molar-refractivity contribution in [1.29, 1.82) is 0 Å². The highest BCUT2D eigenvalue weighted by Gasteiger charge is 2.32. The predicted molar refractivity (Wildman–Crippen MR) is 172 cm³/mol. The molecule has 47 heavy (non-hydrogen) atoms. The first-order valence-electron chi connectivity index (χ1n) is 16.0. The van der Waals surface area contributed by atoms with Crippen molar-refractivity contribution in [3.05, 3.63) is 90.1 Å². The second-order valence-corrected chi connectivity index (χ2v) is 11.7. The average molecular weight is 641 g/mol. The van der Waals surface area contributed by atoms with E-state index in [1.54, 1.807) is 36.3 Å². The minimum Gasteiger partial charge on any atom is -0.494 e. The molecule has 1 fully saturated rings. The Morgan fingerprint density at radius 2 is 1.74 bits per heavy atom. The largest absolute Gasteiger partial charge is 0.494 e. The molecule has 1 atom stereocenters. The van der Waals surface area contributed by atoms with Crippen molar-refractivity contribution in [3.63, 3.8) is 0 Å². The van der Waals surface area contributed by atoms with Crippen LogP contribution in [0.5, 0.6) is 11.6 Å². The number of rotatable bonds is 6. The third kappa shape index (κ3) is 8.29. The summed E-state index contributed by atoms with van der Waals surface area (Å²) in [5.41, 5.74) is 2.52. The summed E-state index contributed by atoms with van der Waals surface area (Å²) in [5, 5.41) is 11.6. The molecule has 0 radical (unpaired) electrons. The van der Waals surface area contributed by atoms with E-state index >= 15 is 0 Å². The molecule has 3 aromatic heterocycles. The maximum atomic E-state index is 14.1. The number of nitrogens with zero attached hydrogens (tertiary/aromatic N) is 7. The normalized spacial score (nSPS) is 20.1. The maximum Gasteiger partial charge on any atom is 0.257 e. The standard InChI is InChI=1S/C34H40N8O5/c1-45-31-10-3-2-9-30(31)42-24-27(38-39-42)21-29-34(44)41-15-11-25(12-16-41)22-40(23-26-7-4-5-13-35-26)17-18-46-19-20-47-33-28(32(43)37-29)8-6-14-36-33/h2-10,13-14,24-25,29H,11-12,15-23H2,1H3,(H,37,43)/t29-/m1/s1. The van der Waals surface area contributed by atoms with Gasteiger partial charge >= 0.3 is 0 Å². The van der Waals surface area contributed by atoms with Gasteiger partial charge in [-0.1, -0.05) is 23.4 Å². The van der Waals surface area contributed by atoms with Gasteiger partial charge in [0.05, 0.1) is 37.9 Å². The predicted octanol–water partition coefficient (Wildman–Crippen LogP) is 2.56. The Hall–Kier alpha value is -4.88. The molecule has 13 heteroatoms. The van der Waals surface area contributed by atoms with Crippen molar-refractivity contribution in [1.82, 2.24) is 40.1 Å². The first kappa shape index (κ1) is 32.1. The molecular formula is C34H40N8O5. The molecule has 246 valence electrons. The van der Waals surface area contributed by atoms with Crippen LogP contribution < -0.4 is 14.8 Å². The summed E-state index contributed by atoms with van der Waals surface area (Å²) in [6.07, 6.45) is 7.01. The number of aromatic nitrogens is 5. The van der Waals surface area contributed by atoms with Gasteiger partial charge < -0.3 is 24.4 Å². The highest BCUT2D eigenvalue weighted by molar-refractivity contribution is 5.99. The van der Waals surface area contributed by atoms with Gasteiger partial charge in [-0.15, -0.1) is 5.10 Å². The lowest BCUT2D eigenvalue weighted by atomic mass is 9.95. The van der Waals surface area contributed by atoms with E-state index in [1.165, 1.54) is 0 Å². The van der Waals surface area contributed by atoms with E-state index in [4.69, 9.17) is 14.2 Å². The van der Waals surface area contributed by atoms with Crippen LogP contribution in [0.4, 0.5) is 0 Å². The van der Waals surface area contributed by atoms with Crippen LogP contribution in [0, 0.1) is 5.92 Å². The number of pyridine rings is 2. The first-order valence-corrected chi connectivity index (χ1v) is 16.0. The molecule has 7 rings (SSSR count). The van der Waals surface area contributed by atoms with Crippen molar-refractivity contribution < 1.29 is 23.8 Å². The zero-order valence-corrected chi connectivity index (χ0v) is 26.5. The molecule has 1 aromatic carbocycles. The number of methoxy groups -OCH3 is 1. The fourth-order valence-electron chi connectivity index (χ4n) is 6.02. The minimum absolute atomic E-state index is 0.155. The Bertz CT molecular complexity index is 1630. The molecule has 0 unspecified atom stereocenters. The van der Waals surface area contributed by atoms with Gasteiger partial charge in [0.25, 0.3) is 5.91 Å². The highest BCUT2D eigenvalue weighted by atomic mass is 16.5. The summed E-state index contributed by atoms with van der Waals surface area (Å²) >= 11 is 0. The summed E-state index contributed by atoms with van der Waals surface area (Å²) < 4.78 is 18.9. The monoisotopic (exact) mass is 640 g/mol. The Morgan fingerprint density at radius 1 is 0.915 bits per heavy atom.